The third-order valence-corrected chi connectivity index (χ3v) is 2.52. The Hall–Kier alpha value is -0.570. The molecule has 1 rings (SSSR count). The van der Waals surface area contributed by atoms with Crippen molar-refractivity contribution >= 4 is 5.97 Å². The van der Waals surface area contributed by atoms with Gasteiger partial charge in [0.2, 0.25) is 0 Å². The Morgan fingerprint density at radius 2 is 2.27 bits per heavy atom. The fourth-order valence-electron chi connectivity index (χ4n) is 2.12. The molecule has 0 aromatic rings. The Morgan fingerprint density at radius 1 is 1.73 bits per heavy atom. The molecular formula is C8H15NO2. The quantitative estimate of drug-likeness (QED) is 0.638. The smallest absolute Gasteiger partial charge is 0.303 e. The van der Waals surface area contributed by atoms with E-state index in [4.69, 9.17) is 10.8 Å². The van der Waals surface area contributed by atoms with Crippen LogP contribution in [0.25, 0.3) is 0 Å². The number of rotatable bonds is 3. The zero-order valence-corrected chi connectivity index (χ0v) is 6.84. The molecule has 1 saturated carbocycles. The highest BCUT2D eigenvalue weighted by Gasteiger charge is 2.42. The van der Waals surface area contributed by atoms with Crippen molar-refractivity contribution in [2.75, 3.05) is 6.54 Å². The molecule has 1 aliphatic carbocycles. The van der Waals surface area contributed by atoms with Crippen LogP contribution in [0.3, 0.4) is 0 Å². The van der Waals surface area contributed by atoms with E-state index in [1.54, 1.807) is 0 Å². The zero-order chi connectivity index (χ0) is 8.48. The van der Waals surface area contributed by atoms with Gasteiger partial charge in [-0.2, -0.15) is 0 Å². The summed E-state index contributed by atoms with van der Waals surface area (Å²) in [6.07, 6.45) is 2.21. The van der Waals surface area contributed by atoms with Gasteiger partial charge in [0.25, 0.3) is 0 Å². The Labute approximate surface area is 66.6 Å². The molecule has 11 heavy (non-hydrogen) atoms. The fraction of sp³-hybridized carbons (Fsp3) is 0.875. The monoisotopic (exact) mass is 157 g/mol. The molecule has 0 spiro atoms. The maximum Gasteiger partial charge on any atom is 0.303 e. The second-order valence-electron chi connectivity index (χ2n) is 3.79. The largest absolute Gasteiger partial charge is 0.481 e. The molecule has 3 nitrogen and oxygen atoms in total. The number of nitrogens with two attached hydrogens (primary N) is 1. The average molecular weight is 157 g/mol. The predicted octanol–water partition coefficient (Wildman–Crippen LogP) is 0.836. The van der Waals surface area contributed by atoms with Gasteiger partial charge in [0, 0.05) is 0 Å². The maximum absolute atomic E-state index is 10.4. The molecule has 0 heterocycles. The zero-order valence-electron chi connectivity index (χ0n) is 6.84. The molecule has 0 aromatic heterocycles. The second-order valence-corrected chi connectivity index (χ2v) is 3.79. The van der Waals surface area contributed by atoms with Crippen LogP contribution in [0, 0.1) is 11.3 Å². The van der Waals surface area contributed by atoms with Crippen LogP contribution in [0.15, 0.2) is 0 Å². The lowest BCUT2D eigenvalue weighted by molar-refractivity contribution is -0.142. The first kappa shape index (κ1) is 8.53. The Kier molecular flexibility index (Phi) is 2.18. The van der Waals surface area contributed by atoms with Crippen LogP contribution in [-0.4, -0.2) is 17.6 Å². The molecule has 0 saturated heterocycles. The van der Waals surface area contributed by atoms with E-state index in [0.29, 0.717) is 12.5 Å². The van der Waals surface area contributed by atoms with E-state index in [-0.39, 0.29) is 11.8 Å². The second kappa shape index (κ2) is 2.81. The molecule has 0 amide bonds. The molecule has 0 atom stereocenters. The predicted molar refractivity (Wildman–Crippen MR) is 42.1 cm³/mol. The van der Waals surface area contributed by atoms with Crippen LogP contribution >= 0.6 is 0 Å². The Morgan fingerprint density at radius 3 is 2.55 bits per heavy atom. The minimum atomic E-state index is -0.720. The van der Waals surface area contributed by atoms with Gasteiger partial charge < -0.3 is 10.8 Å². The highest BCUT2D eigenvalue weighted by Crippen LogP contribution is 2.47. The maximum atomic E-state index is 10.4. The highest BCUT2D eigenvalue weighted by molar-refractivity contribution is 5.68. The van der Waals surface area contributed by atoms with Crippen LogP contribution < -0.4 is 5.73 Å². The van der Waals surface area contributed by atoms with Gasteiger partial charge in [-0.05, 0) is 30.7 Å². The Bertz CT molecular complexity index is 161. The van der Waals surface area contributed by atoms with Crippen LogP contribution in [0.1, 0.15) is 26.2 Å². The van der Waals surface area contributed by atoms with Gasteiger partial charge in [0.15, 0.2) is 0 Å². The summed E-state index contributed by atoms with van der Waals surface area (Å²) < 4.78 is 0. The van der Waals surface area contributed by atoms with Crippen LogP contribution in [0.2, 0.25) is 0 Å². The van der Waals surface area contributed by atoms with Gasteiger partial charge in [0.05, 0.1) is 6.42 Å². The van der Waals surface area contributed by atoms with Crippen molar-refractivity contribution in [3.05, 3.63) is 0 Å². The molecule has 0 bridgehead atoms. The van der Waals surface area contributed by atoms with Crippen molar-refractivity contribution in [1.29, 1.82) is 0 Å². The summed E-state index contributed by atoms with van der Waals surface area (Å²) >= 11 is 0. The molecular weight excluding hydrogens is 142 g/mol. The topological polar surface area (TPSA) is 63.3 Å². The summed E-state index contributed by atoms with van der Waals surface area (Å²) in [6.45, 7) is 2.65. The standard InChI is InChI=1S/C8H15NO2/c1-6-2-8(3-6,5-9)4-7(10)11/h6H,2-5,9H2,1H3,(H,10,11)/t6-,8+. The summed E-state index contributed by atoms with van der Waals surface area (Å²) in [5, 5.41) is 8.58. The number of carbonyl (C=O) groups is 1. The van der Waals surface area contributed by atoms with Gasteiger partial charge in [-0.3, -0.25) is 4.79 Å². The lowest BCUT2D eigenvalue weighted by Gasteiger charge is -2.44. The van der Waals surface area contributed by atoms with Crippen LogP contribution in [0.5, 0.6) is 0 Å². The van der Waals surface area contributed by atoms with Crippen molar-refractivity contribution in [2.24, 2.45) is 17.1 Å². The molecule has 0 aliphatic heterocycles. The molecule has 0 radical (unpaired) electrons. The van der Waals surface area contributed by atoms with Gasteiger partial charge in [-0.25, -0.2) is 0 Å². The average Bonchev–Trinajstić information content (AvgIpc) is 1.82. The van der Waals surface area contributed by atoms with Crippen molar-refractivity contribution in [1.82, 2.24) is 0 Å². The van der Waals surface area contributed by atoms with Crippen LogP contribution in [0.4, 0.5) is 0 Å². The van der Waals surface area contributed by atoms with E-state index in [9.17, 15) is 4.79 Å². The molecule has 1 aliphatic rings. The SMILES string of the molecule is C[C@H]1C[C@](CN)(CC(=O)O)C1. The van der Waals surface area contributed by atoms with Crippen molar-refractivity contribution in [2.45, 2.75) is 26.2 Å². The molecule has 0 aromatic carbocycles. The third kappa shape index (κ3) is 1.71. The minimum Gasteiger partial charge on any atom is -0.481 e. The first-order chi connectivity index (χ1) is 5.08. The first-order valence-corrected chi connectivity index (χ1v) is 4.00. The lowest BCUT2D eigenvalue weighted by atomic mass is 9.61. The Balaban J connectivity index is 2.44. The van der Waals surface area contributed by atoms with Crippen LogP contribution in [-0.2, 0) is 4.79 Å². The number of hydrogen-bond donors (Lipinski definition) is 2. The van der Waals surface area contributed by atoms with E-state index in [1.165, 1.54) is 0 Å². The molecule has 64 valence electrons. The molecule has 1 fully saturated rings. The highest BCUT2D eigenvalue weighted by atomic mass is 16.4. The van der Waals surface area contributed by atoms with Gasteiger partial charge >= 0.3 is 5.97 Å². The van der Waals surface area contributed by atoms with E-state index < -0.39 is 5.97 Å². The van der Waals surface area contributed by atoms with Gasteiger partial charge in [-0.1, -0.05) is 6.92 Å². The summed E-state index contributed by atoms with van der Waals surface area (Å²) in [4.78, 5) is 10.4. The number of hydrogen-bond acceptors (Lipinski definition) is 2. The van der Waals surface area contributed by atoms with E-state index in [0.717, 1.165) is 12.8 Å². The number of carboxylic acid groups (broad SMARTS) is 1. The molecule has 3 N–H and O–H groups in total. The fourth-order valence-corrected chi connectivity index (χ4v) is 2.12. The molecule has 3 heteroatoms. The first-order valence-electron chi connectivity index (χ1n) is 4.00. The van der Waals surface area contributed by atoms with Gasteiger partial charge in [0.1, 0.15) is 0 Å². The summed E-state index contributed by atoms with van der Waals surface area (Å²) in [5.41, 5.74) is 5.45. The van der Waals surface area contributed by atoms with Crippen molar-refractivity contribution in [3.8, 4) is 0 Å². The van der Waals surface area contributed by atoms with Gasteiger partial charge in [-0.15, -0.1) is 0 Å². The molecule has 0 unspecified atom stereocenters. The minimum absolute atomic E-state index is 0.0642. The van der Waals surface area contributed by atoms with Crippen molar-refractivity contribution in [3.63, 3.8) is 0 Å². The lowest BCUT2D eigenvalue weighted by Crippen LogP contribution is -2.43. The van der Waals surface area contributed by atoms with E-state index in [1.807, 2.05) is 0 Å². The number of aliphatic carboxylic acids is 1. The summed E-state index contributed by atoms with van der Waals surface area (Å²) in [7, 11) is 0. The summed E-state index contributed by atoms with van der Waals surface area (Å²) in [6, 6.07) is 0. The normalized spacial score (nSPS) is 36.4. The van der Waals surface area contributed by atoms with E-state index in [2.05, 4.69) is 6.92 Å². The summed E-state index contributed by atoms with van der Waals surface area (Å²) in [5.74, 6) is -0.0553. The van der Waals surface area contributed by atoms with Crippen molar-refractivity contribution < 1.29 is 9.90 Å². The van der Waals surface area contributed by atoms with E-state index >= 15 is 0 Å². The third-order valence-electron chi connectivity index (χ3n) is 2.52. The number of carboxylic acids is 1.